The second-order valence-electron chi connectivity index (χ2n) is 6.92. The van der Waals surface area contributed by atoms with Crippen LogP contribution in [-0.2, 0) is 10.0 Å². The number of carbonyl (C=O) groups excluding carboxylic acids is 1. The first-order valence-electron chi connectivity index (χ1n) is 9.07. The van der Waals surface area contributed by atoms with Gasteiger partial charge in [-0.25, -0.2) is 8.42 Å². The highest BCUT2D eigenvalue weighted by Crippen LogP contribution is 2.23. The number of benzene rings is 2. The molecule has 27 heavy (non-hydrogen) atoms. The molecule has 1 aliphatic rings. The molecule has 0 aromatic heterocycles. The normalized spacial score (nSPS) is 15.3. The van der Waals surface area contributed by atoms with Gasteiger partial charge >= 0.3 is 0 Å². The van der Waals surface area contributed by atoms with Gasteiger partial charge in [0.2, 0.25) is 0 Å². The fourth-order valence-electron chi connectivity index (χ4n) is 3.20. The predicted octanol–water partition coefficient (Wildman–Crippen LogP) is 2.59. The second-order valence-corrected chi connectivity index (χ2v) is 8.57. The molecule has 1 aliphatic heterocycles. The smallest absolute Gasteiger partial charge is 0.262 e. The summed E-state index contributed by atoms with van der Waals surface area (Å²) in [5.41, 5.74) is 2.12. The Kier molecular flexibility index (Phi) is 5.82. The molecule has 0 radical (unpaired) electrons. The van der Waals surface area contributed by atoms with Crippen LogP contribution in [0, 0.1) is 13.8 Å². The Morgan fingerprint density at radius 2 is 1.78 bits per heavy atom. The quantitative estimate of drug-likeness (QED) is 0.736. The molecular weight excluding hydrogens is 362 g/mol. The molecule has 2 aromatic rings. The van der Waals surface area contributed by atoms with E-state index in [-0.39, 0.29) is 22.5 Å². The van der Waals surface area contributed by atoms with Crippen molar-refractivity contribution in [3.63, 3.8) is 0 Å². The van der Waals surface area contributed by atoms with Crippen LogP contribution < -0.4 is 15.4 Å². The first-order chi connectivity index (χ1) is 12.9. The second kappa shape index (κ2) is 8.10. The van der Waals surface area contributed by atoms with Gasteiger partial charge in [-0.3, -0.25) is 9.52 Å². The van der Waals surface area contributed by atoms with Crippen LogP contribution >= 0.6 is 0 Å². The highest BCUT2D eigenvalue weighted by Gasteiger charge is 2.22. The number of anilines is 1. The number of carbonyl (C=O) groups is 1. The third-order valence-corrected chi connectivity index (χ3v) is 6.23. The number of rotatable bonds is 5. The van der Waals surface area contributed by atoms with E-state index in [2.05, 4.69) is 15.4 Å². The summed E-state index contributed by atoms with van der Waals surface area (Å²) in [6.45, 7) is 5.33. The van der Waals surface area contributed by atoms with Crippen molar-refractivity contribution in [2.75, 3.05) is 17.8 Å². The van der Waals surface area contributed by atoms with Crippen molar-refractivity contribution in [1.29, 1.82) is 0 Å². The highest BCUT2D eigenvalue weighted by atomic mass is 32.2. The van der Waals surface area contributed by atoms with Crippen molar-refractivity contribution in [2.45, 2.75) is 37.6 Å². The molecule has 3 N–H and O–H groups in total. The zero-order valence-corrected chi connectivity index (χ0v) is 16.4. The van der Waals surface area contributed by atoms with Gasteiger partial charge in [-0.2, -0.15) is 0 Å². The fourth-order valence-corrected chi connectivity index (χ4v) is 4.61. The van der Waals surface area contributed by atoms with Gasteiger partial charge in [0.15, 0.2) is 0 Å². The molecule has 144 valence electrons. The number of hydrogen-bond acceptors (Lipinski definition) is 4. The number of aryl methyl sites for hydroxylation is 2. The van der Waals surface area contributed by atoms with Crippen molar-refractivity contribution >= 4 is 21.6 Å². The van der Waals surface area contributed by atoms with Crippen molar-refractivity contribution in [3.8, 4) is 0 Å². The van der Waals surface area contributed by atoms with Crippen LogP contribution in [-0.4, -0.2) is 33.5 Å². The third-order valence-electron chi connectivity index (χ3n) is 4.72. The lowest BCUT2D eigenvalue weighted by Crippen LogP contribution is -2.42. The standard InChI is InChI=1S/C20H25N3O3S/c1-14-7-8-15(2)19(13-14)27(25,26)23-18-6-4-3-5-17(18)20(24)22-16-9-11-21-12-10-16/h3-8,13,16,21,23H,9-12H2,1-2H3,(H,22,24). The minimum atomic E-state index is -3.80. The monoisotopic (exact) mass is 387 g/mol. The maximum absolute atomic E-state index is 12.9. The molecule has 0 unspecified atom stereocenters. The maximum atomic E-state index is 12.9. The lowest BCUT2D eigenvalue weighted by molar-refractivity contribution is 0.0930. The minimum absolute atomic E-state index is 0.0995. The van der Waals surface area contributed by atoms with Gasteiger partial charge in [0.05, 0.1) is 16.1 Å². The lowest BCUT2D eigenvalue weighted by Gasteiger charge is -2.24. The van der Waals surface area contributed by atoms with Gasteiger partial charge < -0.3 is 10.6 Å². The number of nitrogens with one attached hydrogen (secondary N) is 3. The molecule has 1 amide bonds. The molecule has 0 atom stereocenters. The Bertz CT molecular complexity index is 935. The molecule has 6 nitrogen and oxygen atoms in total. The fraction of sp³-hybridized carbons (Fsp3) is 0.350. The summed E-state index contributed by atoms with van der Waals surface area (Å²) >= 11 is 0. The van der Waals surface area contributed by atoms with Gasteiger partial charge in [0.1, 0.15) is 0 Å². The molecular formula is C20H25N3O3S. The van der Waals surface area contributed by atoms with Crippen molar-refractivity contribution in [1.82, 2.24) is 10.6 Å². The van der Waals surface area contributed by atoms with Crippen LogP contribution in [0.5, 0.6) is 0 Å². The van der Waals surface area contributed by atoms with Crippen molar-refractivity contribution < 1.29 is 13.2 Å². The molecule has 0 saturated carbocycles. The number of para-hydroxylation sites is 1. The first-order valence-corrected chi connectivity index (χ1v) is 10.6. The summed E-state index contributed by atoms with van der Waals surface area (Å²) < 4.78 is 28.4. The Morgan fingerprint density at radius 3 is 2.52 bits per heavy atom. The summed E-state index contributed by atoms with van der Waals surface area (Å²) in [4.78, 5) is 12.9. The Morgan fingerprint density at radius 1 is 1.07 bits per heavy atom. The van der Waals surface area contributed by atoms with E-state index in [0.717, 1.165) is 31.5 Å². The predicted molar refractivity (Wildman–Crippen MR) is 107 cm³/mol. The molecule has 0 aliphatic carbocycles. The van der Waals surface area contributed by atoms with Crippen LogP contribution in [0.1, 0.15) is 34.3 Å². The molecule has 0 spiro atoms. The summed E-state index contributed by atoms with van der Waals surface area (Å²) in [7, 11) is -3.80. The number of hydrogen-bond donors (Lipinski definition) is 3. The SMILES string of the molecule is Cc1ccc(C)c(S(=O)(=O)Nc2ccccc2C(=O)NC2CCNCC2)c1. The van der Waals surface area contributed by atoms with Crippen LogP contribution in [0.2, 0.25) is 0 Å². The molecule has 1 heterocycles. The van der Waals surface area contributed by atoms with E-state index in [0.29, 0.717) is 11.1 Å². The number of piperidine rings is 1. The van der Waals surface area contributed by atoms with E-state index >= 15 is 0 Å². The molecule has 1 fully saturated rings. The first kappa shape index (κ1) is 19.4. The summed E-state index contributed by atoms with van der Waals surface area (Å²) in [6.07, 6.45) is 1.73. The van der Waals surface area contributed by atoms with Crippen molar-refractivity contribution in [3.05, 3.63) is 59.2 Å². The Hall–Kier alpha value is -2.38. The maximum Gasteiger partial charge on any atom is 0.262 e. The van der Waals surface area contributed by atoms with Gasteiger partial charge in [-0.15, -0.1) is 0 Å². The van der Waals surface area contributed by atoms with E-state index in [4.69, 9.17) is 0 Å². The summed E-state index contributed by atoms with van der Waals surface area (Å²) in [5.74, 6) is -0.263. The highest BCUT2D eigenvalue weighted by molar-refractivity contribution is 7.92. The van der Waals surface area contributed by atoms with E-state index in [9.17, 15) is 13.2 Å². The third kappa shape index (κ3) is 4.67. The largest absolute Gasteiger partial charge is 0.349 e. The lowest BCUT2D eigenvalue weighted by atomic mass is 10.1. The molecule has 3 rings (SSSR count). The van der Waals surface area contributed by atoms with Gasteiger partial charge in [-0.05, 0) is 69.1 Å². The zero-order valence-electron chi connectivity index (χ0n) is 15.6. The van der Waals surface area contributed by atoms with Gasteiger partial charge in [0.25, 0.3) is 15.9 Å². The summed E-state index contributed by atoms with van der Waals surface area (Å²) in [6, 6.07) is 12.1. The average molecular weight is 388 g/mol. The van der Waals surface area contributed by atoms with Crippen molar-refractivity contribution in [2.24, 2.45) is 0 Å². The van der Waals surface area contributed by atoms with E-state index < -0.39 is 10.0 Å². The number of sulfonamides is 1. The van der Waals surface area contributed by atoms with Crippen LogP contribution in [0.4, 0.5) is 5.69 Å². The van der Waals surface area contributed by atoms with Crippen LogP contribution in [0.15, 0.2) is 47.4 Å². The average Bonchev–Trinajstić information content (AvgIpc) is 2.64. The van der Waals surface area contributed by atoms with E-state index in [1.54, 1.807) is 43.3 Å². The van der Waals surface area contributed by atoms with E-state index in [1.807, 2.05) is 13.0 Å². The Labute approximate surface area is 160 Å². The minimum Gasteiger partial charge on any atom is -0.349 e. The van der Waals surface area contributed by atoms with Crippen LogP contribution in [0.3, 0.4) is 0 Å². The molecule has 1 saturated heterocycles. The molecule has 0 bridgehead atoms. The zero-order chi connectivity index (χ0) is 19.4. The van der Waals surface area contributed by atoms with Gasteiger partial charge in [0, 0.05) is 6.04 Å². The Balaban J connectivity index is 1.85. The van der Waals surface area contributed by atoms with Gasteiger partial charge in [-0.1, -0.05) is 24.3 Å². The summed E-state index contributed by atoms with van der Waals surface area (Å²) in [5, 5.41) is 6.26. The van der Waals surface area contributed by atoms with Crippen LogP contribution in [0.25, 0.3) is 0 Å². The van der Waals surface area contributed by atoms with E-state index in [1.165, 1.54) is 0 Å². The topological polar surface area (TPSA) is 87.3 Å². The number of amides is 1. The molecule has 7 heteroatoms. The molecule has 2 aromatic carbocycles.